The van der Waals surface area contributed by atoms with E-state index in [9.17, 15) is 4.79 Å². The number of ether oxygens (including phenoxy) is 1. The Balaban J connectivity index is 2.00. The number of rotatable bonds is 6. The van der Waals surface area contributed by atoms with Gasteiger partial charge in [-0.1, -0.05) is 6.92 Å². The van der Waals surface area contributed by atoms with Gasteiger partial charge in [-0.3, -0.25) is 4.79 Å². The van der Waals surface area contributed by atoms with E-state index >= 15 is 0 Å². The first-order chi connectivity index (χ1) is 7.72. The second-order valence-corrected chi connectivity index (χ2v) is 5.79. The van der Waals surface area contributed by atoms with Crippen LogP contribution >= 0.6 is 11.8 Å². The molecule has 0 aromatic rings. The lowest BCUT2D eigenvalue weighted by Crippen LogP contribution is -2.37. The molecule has 16 heavy (non-hydrogen) atoms. The second kappa shape index (κ2) is 7.96. The van der Waals surface area contributed by atoms with Crippen molar-refractivity contribution in [2.45, 2.75) is 38.4 Å². The van der Waals surface area contributed by atoms with E-state index in [0.717, 1.165) is 24.6 Å². The Labute approximate surface area is 103 Å². The molecule has 0 unspecified atom stereocenters. The van der Waals surface area contributed by atoms with Crippen molar-refractivity contribution >= 4 is 17.7 Å². The van der Waals surface area contributed by atoms with Gasteiger partial charge in [0.25, 0.3) is 0 Å². The molecule has 1 fully saturated rings. The van der Waals surface area contributed by atoms with Crippen LogP contribution in [0.15, 0.2) is 0 Å². The smallest absolute Gasteiger partial charge is 0.305 e. The quantitative estimate of drug-likeness (QED) is 0.530. The van der Waals surface area contributed by atoms with Crippen LogP contribution in [0.1, 0.15) is 33.1 Å². The van der Waals surface area contributed by atoms with Gasteiger partial charge in [0.2, 0.25) is 0 Å². The topological polar surface area (TPSA) is 29.5 Å². The Hall–Kier alpha value is -0.220. The third kappa shape index (κ3) is 5.75. The molecule has 0 radical (unpaired) electrons. The predicted octanol–water partition coefficient (Wildman–Crippen LogP) is 2.16. The summed E-state index contributed by atoms with van der Waals surface area (Å²) in [5.41, 5.74) is 0. The zero-order valence-electron chi connectivity index (χ0n) is 10.4. The summed E-state index contributed by atoms with van der Waals surface area (Å²) in [6, 6.07) is 0. The van der Waals surface area contributed by atoms with Gasteiger partial charge in [-0.05, 0) is 26.3 Å². The normalized spacial score (nSPS) is 22.0. The largest absolute Gasteiger partial charge is 0.466 e. The van der Waals surface area contributed by atoms with Crippen LogP contribution in [0.5, 0.6) is 0 Å². The van der Waals surface area contributed by atoms with Crippen LogP contribution in [0, 0.1) is 0 Å². The summed E-state index contributed by atoms with van der Waals surface area (Å²) in [6.07, 6.45) is 2.64. The third-order valence-corrected chi connectivity index (χ3v) is 3.87. The van der Waals surface area contributed by atoms with Gasteiger partial charge in [0.05, 0.1) is 6.61 Å². The zero-order chi connectivity index (χ0) is 11.8. The Morgan fingerprint density at radius 1 is 1.50 bits per heavy atom. The van der Waals surface area contributed by atoms with Crippen LogP contribution in [0.4, 0.5) is 0 Å². The third-order valence-electron chi connectivity index (χ3n) is 2.74. The standard InChI is InChI=1S/C12H23NO2S/c1-3-15-12(14)6-4-5-7-13-8-9-16-11(2)10-13/h11H,3-10H2,1-2H3/t11-/m1/s1. The highest BCUT2D eigenvalue weighted by Crippen LogP contribution is 2.17. The SMILES string of the molecule is CCOC(=O)CCCCN1CCS[C@H](C)C1. The fourth-order valence-corrected chi connectivity index (χ4v) is 3.01. The van der Waals surface area contributed by atoms with Crippen molar-refractivity contribution in [1.29, 1.82) is 0 Å². The van der Waals surface area contributed by atoms with Crippen molar-refractivity contribution < 1.29 is 9.53 Å². The summed E-state index contributed by atoms with van der Waals surface area (Å²) in [6.45, 7) is 8.17. The first kappa shape index (κ1) is 13.8. The number of esters is 1. The molecule has 3 nitrogen and oxygen atoms in total. The van der Waals surface area contributed by atoms with E-state index in [2.05, 4.69) is 23.6 Å². The molecule has 0 aliphatic carbocycles. The van der Waals surface area contributed by atoms with E-state index in [1.807, 2.05) is 6.92 Å². The van der Waals surface area contributed by atoms with Crippen molar-refractivity contribution in [3.8, 4) is 0 Å². The fraction of sp³-hybridized carbons (Fsp3) is 0.917. The fourth-order valence-electron chi connectivity index (χ4n) is 1.93. The second-order valence-electron chi connectivity index (χ2n) is 4.24. The molecule has 1 heterocycles. The molecular weight excluding hydrogens is 222 g/mol. The van der Waals surface area contributed by atoms with E-state index in [4.69, 9.17) is 4.74 Å². The van der Waals surface area contributed by atoms with Crippen molar-refractivity contribution in [3.05, 3.63) is 0 Å². The summed E-state index contributed by atoms with van der Waals surface area (Å²) in [7, 11) is 0. The van der Waals surface area contributed by atoms with Crippen LogP contribution in [-0.4, -0.2) is 48.1 Å². The lowest BCUT2D eigenvalue weighted by molar-refractivity contribution is -0.143. The van der Waals surface area contributed by atoms with Crippen molar-refractivity contribution in [2.75, 3.05) is 32.0 Å². The first-order valence-electron chi connectivity index (χ1n) is 6.22. The van der Waals surface area contributed by atoms with Gasteiger partial charge >= 0.3 is 5.97 Å². The molecule has 1 aliphatic heterocycles. The minimum Gasteiger partial charge on any atom is -0.466 e. The van der Waals surface area contributed by atoms with E-state index < -0.39 is 0 Å². The monoisotopic (exact) mass is 245 g/mol. The lowest BCUT2D eigenvalue weighted by atomic mass is 10.2. The average molecular weight is 245 g/mol. The summed E-state index contributed by atoms with van der Waals surface area (Å²) in [5, 5.41) is 0.763. The Morgan fingerprint density at radius 2 is 2.31 bits per heavy atom. The summed E-state index contributed by atoms with van der Waals surface area (Å²) < 4.78 is 4.90. The molecule has 1 aliphatic rings. The van der Waals surface area contributed by atoms with E-state index in [1.165, 1.54) is 18.8 Å². The van der Waals surface area contributed by atoms with Crippen LogP contribution in [0.3, 0.4) is 0 Å². The predicted molar refractivity (Wildman–Crippen MR) is 68.8 cm³/mol. The van der Waals surface area contributed by atoms with Crippen molar-refractivity contribution in [3.63, 3.8) is 0 Å². The zero-order valence-corrected chi connectivity index (χ0v) is 11.2. The van der Waals surface area contributed by atoms with Gasteiger partial charge in [0, 0.05) is 30.5 Å². The molecule has 4 heteroatoms. The molecule has 0 aromatic carbocycles. The molecule has 0 saturated carbocycles. The minimum absolute atomic E-state index is 0.0509. The van der Waals surface area contributed by atoms with Crippen molar-refractivity contribution in [2.24, 2.45) is 0 Å². The molecule has 1 atom stereocenters. The van der Waals surface area contributed by atoms with Crippen LogP contribution < -0.4 is 0 Å². The Bertz CT molecular complexity index is 211. The van der Waals surface area contributed by atoms with Crippen molar-refractivity contribution in [1.82, 2.24) is 4.90 Å². The van der Waals surface area contributed by atoms with Gasteiger partial charge in [-0.25, -0.2) is 0 Å². The molecular formula is C12H23NO2S. The van der Waals surface area contributed by atoms with Gasteiger partial charge in [-0.2, -0.15) is 11.8 Å². The maximum Gasteiger partial charge on any atom is 0.305 e. The maximum atomic E-state index is 11.1. The minimum atomic E-state index is -0.0509. The number of hydrogen-bond donors (Lipinski definition) is 0. The highest BCUT2D eigenvalue weighted by Gasteiger charge is 2.15. The maximum absolute atomic E-state index is 11.1. The number of hydrogen-bond acceptors (Lipinski definition) is 4. The Morgan fingerprint density at radius 3 is 3.00 bits per heavy atom. The highest BCUT2D eigenvalue weighted by atomic mass is 32.2. The van der Waals surface area contributed by atoms with Gasteiger partial charge < -0.3 is 9.64 Å². The van der Waals surface area contributed by atoms with E-state index in [1.54, 1.807) is 0 Å². The molecule has 0 N–H and O–H groups in total. The summed E-state index contributed by atoms with van der Waals surface area (Å²) in [4.78, 5) is 13.6. The lowest BCUT2D eigenvalue weighted by Gasteiger charge is -2.30. The molecule has 1 rings (SSSR count). The summed E-state index contributed by atoms with van der Waals surface area (Å²) >= 11 is 2.06. The van der Waals surface area contributed by atoms with Crippen LogP contribution in [-0.2, 0) is 9.53 Å². The molecule has 0 amide bonds. The first-order valence-corrected chi connectivity index (χ1v) is 7.26. The summed E-state index contributed by atoms with van der Waals surface area (Å²) in [5.74, 6) is 1.20. The number of carbonyl (C=O) groups excluding carboxylic acids is 1. The van der Waals surface area contributed by atoms with Gasteiger partial charge in [0.15, 0.2) is 0 Å². The number of unbranched alkanes of at least 4 members (excludes halogenated alkanes) is 1. The number of nitrogens with zero attached hydrogens (tertiary/aromatic N) is 1. The molecule has 1 saturated heterocycles. The highest BCUT2D eigenvalue weighted by molar-refractivity contribution is 7.99. The van der Waals surface area contributed by atoms with Crippen LogP contribution in [0.25, 0.3) is 0 Å². The molecule has 94 valence electrons. The van der Waals surface area contributed by atoms with Crippen LogP contribution in [0.2, 0.25) is 0 Å². The molecule has 0 aromatic heterocycles. The molecule has 0 bridgehead atoms. The van der Waals surface area contributed by atoms with Gasteiger partial charge in [-0.15, -0.1) is 0 Å². The molecule has 0 spiro atoms. The number of carbonyl (C=O) groups is 1. The van der Waals surface area contributed by atoms with E-state index in [0.29, 0.717) is 13.0 Å². The van der Waals surface area contributed by atoms with E-state index in [-0.39, 0.29) is 5.97 Å². The average Bonchev–Trinajstić information content (AvgIpc) is 2.25. The number of thioether (sulfide) groups is 1. The Kier molecular flexibility index (Phi) is 6.88. The van der Waals surface area contributed by atoms with Gasteiger partial charge in [0.1, 0.15) is 0 Å².